The molecule has 0 N–H and O–H groups in total. The Morgan fingerprint density at radius 2 is 2.13 bits per heavy atom. The molecule has 2 unspecified atom stereocenters. The summed E-state index contributed by atoms with van der Waals surface area (Å²) in [5.74, 6) is 0.420. The summed E-state index contributed by atoms with van der Waals surface area (Å²) in [6.45, 7) is 1.72. The van der Waals surface area contributed by atoms with E-state index in [0.29, 0.717) is 10.7 Å². The highest BCUT2D eigenvalue weighted by Gasteiger charge is 2.23. The highest BCUT2D eigenvalue weighted by Crippen LogP contribution is 2.25. The predicted molar refractivity (Wildman–Crippen MR) is 61.7 cm³/mol. The van der Waals surface area contributed by atoms with Crippen LogP contribution in [0.3, 0.4) is 0 Å². The molecule has 1 aromatic carbocycles. The van der Waals surface area contributed by atoms with Crippen LogP contribution < -0.4 is 0 Å². The summed E-state index contributed by atoms with van der Waals surface area (Å²) in [7, 11) is 0. The monoisotopic (exact) mass is 272 g/mol. The van der Waals surface area contributed by atoms with Gasteiger partial charge in [0.1, 0.15) is 5.82 Å². The summed E-state index contributed by atoms with van der Waals surface area (Å²) in [6.07, 6.45) is 2.06. The summed E-state index contributed by atoms with van der Waals surface area (Å²) in [5.41, 5.74) is 1.17. The quantitative estimate of drug-likeness (QED) is 0.769. The Morgan fingerprint density at radius 1 is 1.40 bits per heavy atom. The minimum Gasteiger partial charge on any atom is -0.381 e. The van der Waals surface area contributed by atoms with E-state index in [9.17, 15) is 4.39 Å². The van der Waals surface area contributed by atoms with E-state index < -0.39 is 0 Å². The van der Waals surface area contributed by atoms with Gasteiger partial charge in [0.2, 0.25) is 0 Å². The topological polar surface area (TPSA) is 9.23 Å². The molecule has 15 heavy (non-hydrogen) atoms. The second kappa shape index (κ2) is 5.08. The summed E-state index contributed by atoms with van der Waals surface area (Å²) in [6, 6.07) is 6.72. The molecule has 3 heteroatoms. The van der Waals surface area contributed by atoms with E-state index in [-0.39, 0.29) is 5.82 Å². The Bertz CT molecular complexity index is 306. The number of hydrogen-bond donors (Lipinski definition) is 0. The smallest absolute Gasteiger partial charge is 0.123 e. The third-order valence-electron chi connectivity index (χ3n) is 2.82. The van der Waals surface area contributed by atoms with Crippen molar-refractivity contribution < 1.29 is 9.13 Å². The van der Waals surface area contributed by atoms with E-state index in [1.807, 2.05) is 12.1 Å². The Balaban J connectivity index is 1.92. The van der Waals surface area contributed by atoms with Gasteiger partial charge in [0.05, 0.1) is 6.61 Å². The van der Waals surface area contributed by atoms with Gasteiger partial charge in [-0.2, -0.15) is 0 Å². The molecule has 1 aliphatic heterocycles. The average Bonchev–Trinajstić information content (AvgIpc) is 2.74. The number of alkyl halides is 1. The van der Waals surface area contributed by atoms with Gasteiger partial charge < -0.3 is 4.74 Å². The van der Waals surface area contributed by atoms with Crippen molar-refractivity contribution in [2.45, 2.75) is 17.7 Å². The van der Waals surface area contributed by atoms with E-state index >= 15 is 0 Å². The standard InChI is InChI=1S/C12H14BrFO/c13-12(10-5-6-15-8-10)7-9-1-3-11(14)4-2-9/h1-4,10,12H,5-8H2. The van der Waals surface area contributed by atoms with Crippen molar-refractivity contribution in [2.24, 2.45) is 5.92 Å². The first-order chi connectivity index (χ1) is 7.25. The van der Waals surface area contributed by atoms with Crippen molar-refractivity contribution >= 4 is 15.9 Å². The molecule has 1 saturated heterocycles. The first-order valence-corrected chi connectivity index (χ1v) is 6.13. The van der Waals surface area contributed by atoms with Gasteiger partial charge in [0, 0.05) is 11.4 Å². The summed E-state index contributed by atoms with van der Waals surface area (Å²) >= 11 is 3.69. The van der Waals surface area contributed by atoms with Crippen LogP contribution in [0.2, 0.25) is 0 Å². The van der Waals surface area contributed by atoms with Gasteiger partial charge >= 0.3 is 0 Å². The fourth-order valence-electron chi connectivity index (χ4n) is 1.85. The van der Waals surface area contributed by atoms with Crippen LogP contribution in [0.4, 0.5) is 4.39 Å². The minimum atomic E-state index is -0.172. The van der Waals surface area contributed by atoms with Crippen molar-refractivity contribution in [1.82, 2.24) is 0 Å². The molecule has 0 aromatic heterocycles. The third kappa shape index (κ3) is 3.02. The molecule has 0 radical (unpaired) electrons. The highest BCUT2D eigenvalue weighted by molar-refractivity contribution is 9.09. The maximum absolute atomic E-state index is 12.7. The summed E-state index contributed by atoms with van der Waals surface area (Å²) in [4.78, 5) is 0.436. The Morgan fingerprint density at radius 3 is 2.73 bits per heavy atom. The van der Waals surface area contributed by atoms with Crippen molar-refractivity contribution in [3.63, 3.8) is 0 Å². The van der Waals surface area contributed by atoms with Crippen LogP contribution in [0.25, 0.3) is 0 Å². The molecule has 1 aromatic rings. The summed E-state index contributed by atoms with van der Waals surface area (Å²) < 4.78 is 18.0. The number of rotatable bonds is 3. The third-order valence-corrected chi connectivity index (χ3v) is 3.89. The maximum atomic E-state index is 12.7. The van der Waals surface area contributed by atoms with Gasteiger partial charge in [-0.1, -0.05) is 28.1 Å². The highest BCUT2D eigenvalue weighted by atomic mass is 79.9. The summed E-state index contributed by atoms with van der Waals surface area (Å²) in [5, 5.41) is 0. The van der Waals surface area contributed by atoms with Crippen LogP contribution in [0.5, 0.6) is 0 Å². The Hall–Kier alpha value is -0.410. The molecular weight excluding hydrogens is 259 g/mol. The lowest BCUT2D eigenvalue weighted by Crippen LogP contribution is -2.16. The number of hydrogen-bond acceptors (Lipinski definition) is 1. The lowest BCUT2D eigenvalue weighted by Gasteiger charge is -2.15. The van der Waals surface area contributed by atoms with Crippen molar-refractivity contribution in [3.05, 3.63) is 35.6 Å². The second-order valence-electron chi connectivity index (χ2n) is 3.97. The largest absolute Gasteiger partial charge is 0.381 e. The predicted octanol–water partition coefficient (Wildman–Crippen LogP) is 3.17. The van der Waals surface area contributed by atoms with Gasteiger partial charge in [-0.3, -0.25) is 0 Å². The molecule has 0 spiro atoms. The maximum Gasteiger partial charge on any atom is 0.123 e. The average molecular weight is 273 g/mol. The van der Waals surface area contributed by atoms with Crippen LogP contribution in [0, 0.1) is 11.7 Å². The molecule has 0 bridgehead atoms. The number of ether oxygens (including phenoxy) is 1. The first kappa shape index (κ1) is 11.1. The first-order valence-electron chi connectivity index (χ1n) is 5.22. The van der Waals surface area contributed by atoms with Crippen LogP contribution in [0.15, 0.2) is 24.3 Å². The van der Waals surface area contributed by atoms with E-state index in [1.165, 1.54) is 17.7 Å². The van der Waals surface area contributed by atoms with Gasteiger partial charge in [-0.15, -0.1) is 0 Å². The van der Waals surface area contributed by atoms with E-state index in [4.69, 9.17) is 4.74 Å². The molecule has 0 saturated carbocycles. The molecule has 2 atom stereocenters. The lowest BCUT2D eigenvalue weighted by atomic mass is 9.99. The molecule has 1 heterocycles. The SMILES string of the molecule is Fc1ccc(CC(Br)C2CCOC2)cc1. The van der Waals surface area contributed by atoms with Crippen molar-refractivity contribution in [3.8, 4) is 0 Å². The van der Waals surface area contributed by atoms with Crippen LogP contribution >= 0.6 is 15.9 Å². The second-order valence-corrected chi connectivity index (χ2v) is 5.15. The van der Waals surface area contributed by atoms with E-state index in [0.717, 1.165) is 26.1 Å². The van der Waals surface area contributed by atoms with Crippen molar-refractivity contribution in [1.29, 1.82) is 0 Å². The molecule has 2 rings (SSSR count). The van der Waals surface area contributed by atoms with Crippen LogP contribution in [-0.4, -0.2) is 18.0 Å². The van der Waals surface area contributed by atoms with Gasteiger partial charge in [0.25, 0.3) is 0 Å². The van der Waals surface area contributed by atoms with Crippen molar-refractivity contribution in [2.75, 3.05) is 13.2 Å². The number of benzene rings is 1. The Kier molecular flexibility index (Phi) is 3.76. The molecule has 1 aliphatic rings. The van der Waals surface area contributed by atoms with Gasteiger partial charge in [-0.25, -0.2) is 4.39 Å². The molecule has 1 fully saturated rings. The molecule has 0 aliphatic carbocycles. The normalized spacial score (nSPS) is 22.9. The van der Waals surface area contributed by atoms with Crippen LogP contribution in [0.1, 0.15) is 12.0 Å². The van der Waals surface area contributed by atoms with Crippen LogP contribution in [-0.2, 0) is 11.2 Å². The zero-order chi connectivity index (χ0) is 10.7. The molecule has 82 valence electrons. The molecule has 1 nitrogen and oxygen atoms in total. The molecule has 0 amide bonds. The lowest BCUT2D eigenvalue weighted by molar-refractivity contribution is 0.185. The fourth-order valence-corrected chi connectivity index (χ4v) is 2.64. The van der Waals surface area contributed by atoms with Gasteiger partial charge in [-0.05, 0) is 36.5 Å². The fraction of sp³-hybridized carbons (Fsp3) is 0.500. The van der Waals surface area contributed by atoms with E-state index in [1.54, 1.807) is 0 Å². The zero-order valence-corrected chi connectivity index (χ0v) is 10.0. The zero-order valence-electron chi connectivity index (χ0n) is 8.46. The number of halogens is 2. The Labute approximate surface area is 97.8 Å². The van der Waals surface area contributed by atoms with E-state index in [2.05, 4.69) is 15.9 Å². The van der Waals surface area contributed by atoms with Gasteiger partial charge in [0.15, 0.2) is 0 Å². The molecular formula is C12H14BrFO. The minimum absolute atomic E-state index is 0.172.